The topological polar surface area (TPSA) is 34.9 Å². The number of thioether (sulfide) groups is 1. The molecule has 94 valence electrons. The van der Waals surface area contributed by atoms with Crippen molar-refractivity contribution < 1.29 is 4.79 Å². The number of hydrogen-bond donors (Lipinski definition) is 0. The molecular weight excluding hydrogens is 256 g/mol. The van der Waals surface area contributed by atoms with E-state index in [0.29, 0.717) is 10.7 Å². The number of aromatic nitrogens is 2. The van der Waals surface area contributed by atoms with E-state index in [1.807, 2.05) is 13.8 Å². The Balaban J connectivity index is 2.26. The number of halogens is 1. The molecule has 0 aromatic carbocycles. The van der Waals surface area contributed by atoms with E-state index in [-0.39, 0.29) is 17.1 Å². The highest BCUT2D eigenvalue weighted by Crippen LogP contribution is 2.30. The van der Waals surface area contributed by atoms with Crippen molar-refractivity contribution in [3.05, 3.63) is 16.9 Å². The third-order valence-electron chi connectivity index (χ3n) is 2.95. The number of carbonyl (C=O) groups is 1. The van der Waals surface area contributed by atoms with Crippen molar-refractivity contribution >= 4 is 29.1 Å². The highest BCUT2D eigenvalue weighted by Gasteiger charge is 2.28. The average molecular weight is 273 g/mol. The van der Waals surface area contributed by atoms with Crippen LogP contribution in [0.25, 0.3) is 0 Å². The second-order valence-electron chi connectivity index (χ2n) is 4.60. The second-order valence-corrected chi connectivity index (χ2v) is 6.32. The van der Waals surface area contributed by atoms with Gasteiger partial charge in [-0.15, -0.1) is 0 Å². The van der Waals surface area contributed by atoms with Gasteiger partial charge in [0.25, 0.3) is 0 Å². The van der Waals surface area contributed by atoms with Crippen LogP contribution in [-0.2, 0) is 0 Å². The lowest BCUT2D eigenvalue weighted by Gasteiger charge is -2.21. The first-order valence-electron chi connectivity index (χ1n) is 6.00. The number of rotatable bonds is 3. The fourth-order valence-electron chi connectivity index (χ4n) is 2.06. The van der Waals surface area contributed by atoms with Crippen LogP contribution in [0, 0.1) is 0 Å². The Bertz CT molecular complexity index is 411. The summed E-state index contributed by atoms with van der Waals surface area (Å²) >= 11 is 7.84. The number of Topliss-reactive ketones (excluding diaryl/α,β-unsaturated/α-hetero) is 1. The van der Waals surface area contributed by atoms with Gasteiger partial charge >= 0.3 is 0 Å². The van der Waals surface area contributed by atoms with Gasteiger partial charge in [-0.25, -0.2) is 0 Å². The van der Waals surface area contributed by atoms with Gasteiger partial charge < -0.3 is 0 Å². The van der Waals surface area contributed by atoms with Crippen LogP contribution in [0.3, 0.4) is 0 Å². The average Bonchev–Trinajstić information content (AvgIpc) is 2.71. The monoisotopic (exact) mass is 272 g/mol. The third-order valence-corrected chi connectivity index (χ3v) is 4.60. The van der Waals surface area contributed by atoms with E-state index in [1.165, 1.54) is 6.42 Å². The van der Waals surface area contributed by atoms with E-state index in [2.05, 4.69) is 5.10 Å². The standard InChI is InChI=1S/C12H17ClN2OS/c1-8(2)15-11(9(13)7-14-15)12(16)10-5-3-4-6-17-10/h7-8,10H,3-6H2,1-2H3. The number of carbonyl (C=O) groups excluding carboxylic acids is 1. The molecule has 1 aromatic heterocycles. The fraction of sp³-hybridized carbons (Fsp3) is 0.667. The predicted molar refractivity (Wildman–Crippen MR) is 72.0 cm³/mol. The molecule has 1 aliphatic rings. The van der Waals surface area contributed by atoms with E-state index in [9.17, 15) is 4.79 Å². The minimum atomic E-state index is 0.0652. The van der Waals surface area contributed by atoms with Gasteiger partial charge in [-0.3, -0.25) is 9.48 Å². The smallest absolute Gasteiger partial charge is 0.195 e. The molecule has 1 atom stereocenters. The SMILES string of the molecule is CC(C)n1ncc(Cl)c1C(=O)C1CCCCS1. The van der Waals surface area contributed by atoms with Gasteiger partial charge in [0.15, 0.2) is 5.78 Å². The van der Waals surface area contributed by atoms with Crippen LogP contribution in [0.15, 0.2) is 6.20 Å². The quantitative estimate of drug-likeness (QED) is 0.789. The summed E-state index contributed by atoms with van der Waals surface area (Å²) in [5.74, 6) is 1.22. The molecule has 0 spiro atoms. The molecular formula is C12H17ClN2OS. The molecule has 5 heteroatoms. The Hall–Kier alpha value is -0.480. The molecule has 2 rings (SSSR count). The van der Waals surface area contributed by atoms with Crippen LogP contribution in [-0.4, -0.2) is 26.6 Å². The van der Waals surface area contributed by atoms with E-state index in [4.69, 9.17) is 11.6 Å². The number of hydrogen-bond acceptors (Lipinski definition) is 3. The van der Waals surface area contributed by atoms with Crippen LogP contribution in [0.5, 0.6) is 0 Å². The molecule has 1 aliphatic heterocycles. The molecule has 1 saturated heterocycles. The van der Waals surface area contributed by atoms with Gasteiger partial charge in [0.1, 0.15) is 5.69 Å². The Morgan fingerprint density at radius 3 is 2.94 bits per heavy atom. The predicted octanol–water partition coefficient (Wildman–Crippen LogP) is 3.59. The van der Waals surface area contributed by atoms with Crippen LogP contribution in [0.2, 0.25) is 5.02 Å². The van der Waals surface area contributed by atoms with Crippen LogP contribution in [0.4, 0.5) is 0 Å². The minimum Gasteiger partial charge on any atom is -0.291 e. The maximum Gasteiger partial charge on any atom is 0.195 e. The zero-order valence-corrected chi connectivity index (χ0v) is 11.7. The molecule has 1 aromatic rings. The Morgan fingerprint density at radius 1 is 1.59 bits per heavy atom. The molecule has 1 fully saturated rings. The molecule has 0 radical (unpaired) electrons. The molecule has 17 heavy (non-hydrogen) atoms. The van der Waals surface area contributed by atoms with Crippen molar-refractivity contribution in [2.24, 2.45) is 0 Å². The van der Waals surface area contributed by atoms with Crippen molar-refractivity contribution in [2.45, 2.75) is 44.4 Å². The number of nitrogens with zero attached hydrogens (tertiary/aromatic N) is 2. The maximum absolute atomic E-state index is 12.4. The van der Waals surface area contributed by atoms with Gasteiger partial charge in [-0.05, 0) is 32.4 Å². The molecule has 2 heterocycles. The van der Waals surface area contributed by atoms with E-state index in [1.54, 1.807) is 22.6 Å². The molecule has 0 N–H and O–H groups in total. The summed E-state index contributed by atoms with van der Waals surface area (Å²) in [5, 5.41) is 4.73. The van der Waals surface area contributed by atoms with Gasteiger partial charge in [-0.2, -0.15) is 16.9 Å². The van der Waals surface area contributed by atoms with Crippen molar-refractivity contribution in [3.63, 3.8) is 0 Å². The fourth-order valence-corrected chi connectivity index (χ4v) is 3.54. The van der Waals surface area contributed by atoms with Crippen molar-refractivity contribution in [1.82, 2.24) is 9.78 Å². The minimum absolute atomic E-state index is 0.0652. The Morgan fingerprint density at radius 2 is 2.35 bits per heavy atom. The van der Waals surface area contributed by atoms with Crippen LogP contribution in [0.1, 0.15) is 49.6 Å². The zero-order valence-electron chi connectivity index (χ0n) is 10.1. The van der Waals surface area contributed by atoms with E-state index >= 15 is 0 Å². The van der Waals surface area contributed by atoms with E-state index in [0.717, 1.165) is 18.6 Å². The lowest BCUT2D eigenvalue weighted by atomic mass is 10.1. The molecule has 0 bridgehead atoms. The summed E-state index contributed by atoms with van der Waals surface area (Å²) < 4.78 is 1.74. The van der Waals surface area contributed by atoms with Gasteiger partial charge in [0.2, 0.25) is 0 Å². The third kappa shape index (κ3) is 2.68. The largest absolute Gasteiger partial charge is 0.291 e. The van der Waals surface area contributed by atoms with Crippen LogP contribution >= 0.6 is 23.4 Å². The van der Waals surface area contributed by atoms with Crippen molar-refractivity contribution in [3.8, 4) is 0 Å². The summed E-state index contributed by atoms with van der Waals surface area (Å²) in [6.45, 7) is 4.02. The molecule has 0 aliphatic carbocycles. The second kappa shape index (κ2) is 5.44. The molecule has 0 saturated carbocycles. The summed E-state index contributed by atoms with van der Waals surface area (Å²) in [7, 11) is 0. The lowest BCUT2D eigenvalue weighted by Crippen LogP contribution is -2.25. The van der Waals surface area contributed by atoms with Gasteiger partial charge in [-0.1, -0.05) is 18.0 Å². The maximum atomic E-state index is 12.4. The molecule has 0 amide bonds. The first kappa shape index (κ1) is 13.0. The zero-order chi connectivity index (χ0) is 12.4. The number of ketones is 1. The van der Waals surface area contributed by atoms with Gasteiger partial charge in [0.05, 0.1) is 16.5 Å². The first-order chi connectivity index (χ1) is 8.11. The normalized spacial score (nSPS) is 20.8. The van der Waals surface area contributed by atoms with Gasteiger partial charge in [0, 0.05) is 6.04 Å². The Labute approximate surface area is 111 Å². The van der Waals surface area contributed by atoms with Crippen molar-refractivity contribution in [1.29, 1.82) is 0 Å². The van der Waals surface area contributed by atoms with Crippen molar-refractivity contribution in [2.75, 3.05) is 5.75 Å². The lowest BCUT2D eigenvalue weighted by molar-refractivity contribution is 0.0973. The Kier molecular flexibility index (Phi) is 4.15. The summed E-state index contributed by atoms with van der Waals surface area (Å²) in [6, 6.07) is 0.162. The summed E-state index contributed by atoms with van der Waals surface area (Å²) in [5.41, 5.74) is 0.584. The highest BCUT2D eigenvalue weighted by atomic mass is 35.5. The summed E-state index contributed by atoms with van der Waals surface area (Å²) in [6.07, 6.45) is 4.88. The highest BCUT2D eigenvalue weighted by molar-refractivity contribution is 8.00. The molecule has 1 unspecified atom stereocenters. The van der Waals surface area contributed by atoms with E-state index < -0.39 is 0 Å². The molecule has 3 nitrogen and oxygen atoms in total. The first-order valence-corrected chi connectivity index (χ1v) is 7.42. The van der Waals surface area contributed by atoms with Crippen LogP contribution < -0.4 is 0 Å². The summed E-state index contributed by atoms with van der Waals surface area (Å²) in [4.78, 5) is 12.4.